The number of pyridine rings is 1. The Morgan fingerprint density at radius 2 is 1.95 bits per heavy atom. The lowest BCUT2D eigenvalue weighted by Crippen LogP contribution is -2.37. The highest BCUT2D eigenvalue weighted by Crippen LogP contribution is 2.28. The molecule has 8 heteroatoms. The van der Waals surface area contributed by atoms with Gasteiger partial charge in [-0.2, -0.15) is 0 Å². The Balaban J connectivity index is 1.78. The van der Waals surface area contributed by atoms with Crippen molar-refractivity contribution in [2.75, 3.05) is 50.1 Å². The summed E-state index contributed by atoms with van der Waals surface area (Å²) in [4.78, 5) is 6.61. The number of nitrogen functional groups attached to an aromatic ring is 1. The molecule has 112 valence electrons. The van der Waals surface area contributed by atoms with Crippen molar-refractivity contribution in [2.45, 2.75) is 6.42 Å². The minimum atomic E-state index is 0.399. The number of aromatic nitrogens is 1. The summed E-state index contributed by atoms with van der Waals surface area (Å²) in [5, 5.41) is 4.09. The zero-order valence-corrected chi connectivity index (χ0v) is 12.7. The predicted octanol–water partition coefficient (Wildman–Crippen LogP) is 1.81. The smallest absolute Gasteiger partial charge is 0.161 e. The first-order chi connectivity index (χ1) is 9.70. The molecule has 0 bridgehead atoms. The van der Waals surface area contributed by atoms with Gasteiger partial charge in [-0.25, -0.2) is 10.8 Å². The van der Waals surface area contributed by atoms with Crippen LogP contribution in [0.5, 0.6) is 0 Å². The summed E-state index contributed by atoms with van der Waals surface area (Å²) in [5.74, 6) is 6.33. The molecule has 0 aliphatic carbocycles. The second-order valence-corrected chi connectivity index (χ2v) is 5.34. The Labute approximate surface area is 128 Å². The molecule has 1 fully saturated rings. The lowest BCUT2D eigenvalue weighted by Gasteiger charge is -2.26. The normalized spacial score (nSPS) is 16.1. The van der Waals surface area contributed by atoms with E-state index < -0.39 is 0 Å². The summed E-state index contributed by atoms with van der Waals surface area (Å²) < 4.78 is 5.31. The average molecular weight is 320 g/mol. The van der Waals surface area contributed by atoms with Gasteiger partial charge in [-0.1, -0.05) is 23.2 Å². The van der Waals surface area contributed by atoms with Gasteiger partial charge >= 0.3 is 0 Å². The zero-order chi connectivity index (χ0) is 14.4. The van der Waals surface area contributed by atoms with Crippen LogP contribution in [0, 0.1) is 0 Å². The van der Waals surface area contributed by atoms with Crippen molar-refractivity contribution in [1.29, 1.82) is 0 Å². The molecule has 1 aromatic rings. The molecule has 0 spiro atoms. The third-order valence-electron chi connectivity index (χ3n) is 3.11. The molecule has 4 N–H and O–H groups in total. The second kappa shape index (κ2) is 7.85. The van der Waals surface area contributed by atoms with E-state index in [0.29, 0.717) is 21.7 Å². The molecule has 1 aliphatic heterocycles. The van der Waals surface area contributed by atoms with Gasteiger partial charge in [-0.15, -0.1) is 0 Å². The van der Waals surface area contributed by atoms with Crippen LogP contribution < -0.4 is 16.6 Å². The summed E-state index contributed by atoms with van der Waals surface area (Å²) in [5.41, 5.74) is 2.44. The van der Waals surface area contributed by atoms with Gasteiger partial charge in [0.2, 0.25) is 0 Å². The summed E-state index contributed by atoms with van der Waals surface area (Å²) in [6.45, 7) is 5.47. The van der Waals surface area contributed by atoms with Gasteiger partial charge in [-0.05, 0) is 19.0 Å². The number of nitrogens with one attached hydrogen (secondary N) is 2. The van der Waals surface area contributed by atoms with Crippen molar-refractivity contribution in [3.8, 4) is 0 Å². The number of ether oxygens (including phenoxy) is 1. The lowest BCUT2D eigenvalue weighted by molar-refractivity contribution is 0.0378. The first-order valence-electron chi connectivity index (χ1n) is 6.57. The van der Waals surface area contributed by atoms with E-state index in [1.54, 1.807) is 6.07 Å². The molecule has 0 unspecified atom stereocenters. The van der Waals surface area contributed by atoms with Crippen LogP contribution in [0.3, 0.4) is 0 Å². The average Bonchev–Trinajstić information content (AvgIpc) is 2.46. The number of nitrogens with two attached hydrogens (primary N) is 1. The molecule has 0 atom stereocenters. The zero-order valence-electron chi connectivity index (χ0n) is 11.2. The molecule has 6 nitrogen and oxygen atoms in total. The van der Waals surface area contributed by atoms with Crippen molar-refractivity contribution >= 4 is 34.8 Å². The fraction of sp³-hybridized carbons (Fsp3) is 0.583. The summed E-state index contributed by atoms with van der Waals surface area (Å²) in [7, 11) is 0. The Hall–Kier alpha value is -0.790. The molecule has 0 aromatic carbocycles. The molecular weight excluding hydrogens is 301 g/mol. The summed E-state index contributed by atoms with van der Waals surface area (Å²) in [6, 6.07) is 1.62. The van der Waals surface area contributed by atoms with Crippen molar-refractivity contribution in [1.82, 2.24) is 9.88 Å². The third-order valence-corrected chi connectivity index (χ3v) is 3.69. The number of rotatable bonds is 6. The van der Waals surface area contributed by atoms with Crippen LogP contribution in [-0.4, -0.2) is 49.3 Å². The molecule has 2 rings (SSSR count). The molecule has 1 aromatic heterocycles. The predicted molar refractivity (Wildman–Crippen MR) is 82.4 cm³/mol. The van der Waals surface area contributed by atoms with Gasteiger partial charge in [0.15, 0.2) is 5.82 Å². The molecule has 1 aliphatic rings. The highest BCUT2D eigenvalue weighted by Gasteiger charge is 2.10. The maximum Gasteiger partial charge on any atom is 0.161 e. The summed E-state index contributed by atoms with van der Waals surface area (Å²) >= 11 is 12.0. The number of hydrazine groups is 1. The molecular formula is C12H19Cl2N5O. The molecule has 2 heterocycles. The largest absolute Gasteiger partial charge is 0.379 e. The van der Waals surface area contributed by atoms with E-state index in [1.165, 1.54) is 0 Å². The van der Waals surface area contributed by atoms with E-state index in [0.717, 1.165) is 45.8 Å². The van der Waals surface area contributed by atoms with Crippen LogP contribution in [0.1, 0.15) is 6.42 Å². The Morgan fingerprint density at radius 1 is 1.25 bits per heavy atom. The first-order valence-corrected chi connectivity index (χ1v) is 7.33. The van der Waals surface area contributed by atoms with E-state index in [2.05, 4.69) is 20.6 Å². The van der Waals surface area contributed by atoms with Gasteiger partial charge in [0.25, 0.3) is 0 Å². The number of morpholine rings is 1. The molecule has 20 heavy (non-hydrogen) atoms. The third kappa shape index (κ3) is 4.36. The van der Waals surface area contributed by atoms with E-state index >= 15 is 0 Å². The molecule has 0 radical (unpaired) electrons. The van der Waals surface area contributed by atoms with Gasteiger partial charge in [0.05, 0.1) is 23.3 Å². The van der Waals surface area contributed by atoms with Gasteiger partial charge in [-0.3, -0.25) is 4.90 Å². The maximum absolute atomic E-state index is 6.08. The number of hydrogen-bond acceptors (Lipinski definition) is 6. The van der Waals surface area contributed by atoms with Crippen LogP contribution in [0.25, 0.3) is 0 Å². The Kier molecular flexibility index (Phi) is 6.12. The van der Waals surface area contributed by atoms with Crippen LogP contribution >= 0.6 is 23.2 Å². The fourth-order valence-electron chi connectivity index (χ4n) is 2.03. The Bertz CT molecular complexity index is 440. The quantitative estimate of drug-likeness (QED) is 0.422. The topological polar surface area (TPSA) is 75.4 Å². The number of nitrogens with zero attached hydrogens (tertiary/aromatic N) is 2. The standard InChI is InChI=1S/C12H19Cl2N5O/c13-9-8-10(14)12(18-15)17-11(9)16-2-1-3-19-4-6-20-7-5-19/h8H,1-7,15H2,(H2,16,17,18). The van der Waals surface area contributed by atoms with Crippen molar-refractivity contribution in [3.63, 3.8) is 0 Å². The van der Waals surface area contributed by atoms with Crippen LogP contribution in [-0.2, 0) is 4.74 Å². The number of anilines is 2. The van der Waals surface area contributed by atoms with Crippen LogP contribution in [0.2, 0.25) is 10.0 Å². The summed E-state index contributed by atoms with van der Waals surface area (Å²) in [6.07, 6.45) is 1.01. The minimum absolute atomic E-state index is 0.399. The van der Waals surface area contributed by atoms with Gasteiger partial charge in [0, 0.05) is 19.6 Å². The highest BCUT2D eigenvalue weighted by atomic mass is 35.5. The van der Waals surface area contributed by atoms with Crippen LogP contribution in [0.15, 0.2) is 6.07 Å². The molecule has 1 saturated heterocycles. The lowest BCUT2D eigenvalue weighted by atomic mass is 10.3. The monoisotopic (exact) mass is 319 g/mol. The minimum Gasteiger partial charge on any atom is -0.379 e. The van der Waals surface area contributed by atoms with E-state index in [1.807, 2.05) is 0 Å². The van der Waals surface area contributed by atoms with Gasteiger partial charge in [0.1, 0.15) is 5.82 Å². The Morgan fingerprint density at radius 3 is 2.65 bits per heavy atom. The molecule has 0 saturated carbocycles. The fourth-order valence-corrected chi connectivity index (χ4v) is 2.51. The van der Waals surface area contributed by atoms with Crippen molar-refractivity contribution in [2.24, 2.45) is 5.84 Å². The number of halogens is 2. The first kappa shape index (κ1) is 15.6. The SMILES string of the molecule is NNc1nc(NCCCN2CCOCC2)c(Cl)cc1Cl. The molecule has 0 amide bonds. The second-order valence-electron chi connectivity index (χ2n) is 4.53. The van der Waals surface area contributed by atoms with Crippen molar-refractivity contribution in [3.05, 3.63) is 16.1 Å². The van der Waals surface area contributed by atoms with Crippen molar-refractivity contribution < 1.29 is 4.74 Å². The maximum atomic E-state index is 6.08. The van der Waals surface area contributed by atoms with Crippen LogP contribution in [0.4, 0.5) is 11.6 Å². The van der Waals surface area contributed by atoms with Gasteiger partial charge < -0.3 is 15.5 Å². The van der Waals surface area contributed by atoms with E-state index in [-0.39, 0.29) is 0 Å². The van der Waals surface area contributed by atoms with E-state index in [9.17, 15) is 0 Å². The highest BCUT2D eigenvalue weighted by molar-refractivity contribution is 6.37. The van der Waals surface area contributed by atoms with E-state index in [4.69, 9.17) is 33.8 Å². The number of hydrogen-bond donors (Lipinski definition) is 3.